The molecule has 1 atom stereocenters. The second kappa shape index (κ2) is 8.22. The van der Waals surface area contributed by atoms with Gasteiger partial charge in [0.25, 0.3) is 0 Å². The summed E-state index contributed by atoms with van der Waals surface area (Å²) in [7, 11) is 0. The van der Waals surface area contributed by atoms with E-state index in [1.807, 2.05) is 30.3 Å². The quantitative estimate of drug-likeness (QED) is 0.752. The molecular weight excluding hydrogens is 324 g/mol. The first-order valence-corrected chi connectivity index (χ1v) is 7.89. The highest BCUT2D eigenvalue weighted by atomic mass is 16.6. The molecule has 0 unspecified atom stereocenters. The molecule has 1 aromatic carbocycles. The summed E-state index contributed by atoms with van der Waals surface area (Å²) in [6, 6.07) is 8.50. The van der Waals surface area contributed by atoms with Gasteiger partial charge in [0, 0.05) is 13.1 Å². The van der Waals surface area contributed by atoms with Crippen molar-refractivity contribution in [2.24, 2.45) is 0 Å². The standard InChI is InChI=1S/C16H22N6O3/c1-16(2,3)25-15(24)18-10-9-17-14(23)13(22-11-19-20-21-22)12-7-5-4-6-8-12/h4-8,11,13H,9-10H2,1-3H3,(H,17,23)(H,18,24)/t13-/m0/s1. The molecule has 1 heterocycles. The first-order valence-electron chi connectivity index (χ1n) is 7.89. The van der Waals surface area contributed by atoms with E-state index in [9.17, 15) is 9.59 Å². The summed E-state index contributed by atoms with van der Waals surface area (Å²) in [4.78, 5) is 24.1. The fourth-order valence-corrected chi connectivity index (χ4v) is 2.11. The summed E-state index contributed by atoms with van der Waals surface area (Å²) < 4.78 is 6.51. The minimum Gasteiger partial charge on any atom is -0.444 e. The van der Waals surface area contributed by atoms with Crippen molar-refractivity contribution in [1.82, 2.24) is 30.8 Å². The molecule has 0 aliphatic heterocycles. The van der Waals surface area contributed by atoms with Crippen molar-refractivity contribution in [1.29, 1.82) is 0 Å². The zero-order valence-electron chi connectivity index (χ0n) is 14.5. The molecule has 25 heavy (non-hydrogen) atoms. The maximum atomic E-state index is 12.5. The lowest BCUT2D eigenvalue weighted by molar-refractivity contribution is -0.123. The van der Waals surface area contributed by atoms with Crippen molar-refractivity contribution in [2.45, 2.75) is 32.4 Å². The third-order valence-electron chi connectivity index (χ3n) is 3.09. The summed E-state index contributed by atoms with van der Waals surface area (Å²) >= 11 is 0. The SMILES string of the molecule is CC(C)(C)OC(=O)NCCNC(=O)[C@H](c1ccccc1)n1cnnn1. The molecule has 0 radical (unpaired) electrons. The van der Waals surface area contributed by atoms with Gasteiger partial charge in [0.2, 0.25) is 5.91 Å². The Bertz CT molecular complexity index is 682. The monoisotopic (exact) mass is 346 g/mol. The van der Waals surface area contributed by atoms with E-state index in [2.05, 4.69) is 26.2 Å². The second-order valence-electron chi connectivity index (χ2n) is 6.32. The third kappa shape index (κ3) is 5.87. The molecule has 2 amide bonds. The number of aromatic nitrogens is 4. The second-order valence-corrected chi connectivity index (χ2v) is 6.32. The Morgan fingerprint density at radius 3 is 2.44 bits per heavy atom. The van der Waals surface area contributed by atoms with Gasteiger partial charge in [-0.3, -0.25) is 4.79 Å². The molecule has 0 saturated carbocycles. The van der Waals surface area contributed by atoms with Crippen LogP contribution in [0.3, 0.4) is 0 Å². The van der Waals surface area contributed by atoms with Crippen LogP contribution in [0.1, 0.15) is 32.4 Å². The molecule has 2 N–H and O–H groups in total. The van der Waals surface area contributed by atoms with E-state index < -0.39 is 17.7 Å². The number of carbonyl (C=O) groups is 2. The Morgan fingerprint density at radius 2 is 1.84 bits per heavy atom. The Balaban J connectivity index is 1.90. The van der Waals surface area contributed by atoms with Crippen molar-refractivity contribution < 1.29 is 14.3 Å². The van der Waals surface area contributed by atoms with E-state index >= 15 is 0 Å². The fourth-order valence-electron chi connectivity index (χ4n) is 2.11. The van der Waals surface area contributed by atoms with Crippen molar-refractivity contribution in [3.63, 3.8) is 0 Å². The molecule has 134 valence electrons. The number of amides is 2. The van der Waals surface area contributed by atoms with Crippen molar-refractivity contribution >= 4 is 12.0 Å². The van der Waals surface area contributed by atoms with E-state index in [1.165, 1.54) is 11.0 Å². The number of hydrogen-bond acceptors (Lipinski definition) is 6. The summed E-state index contributed by atoms with van der Waals surface area (Å²) in [6.45, 7) is 5.85. The number of carbonyl (C=O) groups excluding carboxylic acids is 2. The van der Waals surface area contributed by atoms with Crippen LogP contribution in [0.2, 0.25) is 0 Å². The third-order valence-corrected chi connectivity index (χ3v) is 3.09. The molecule has 2 aromatic rings. The number of nitrogens with zero attached hydrogens (tertiary/aromatic N) is 4. The summed E-state index contributed by atoms with van der Waals surface area (Å²) in [6.07, 6.45) is 0.859. The number of rotatable bonds is 6. The average Bonchev–Trinajstić information content (AvgIpc) is 3.05. The normalized spacial score (nSPS) is 12.3. The van der Waals surface area contributed by atoms with Gasteiger partial charge in [0.1, 0.15) is 11.9 Å². The maximum Gasteiger partial charge on any atom is 0.407 e. The highest BCUT2D eigenvalue weighted by Crippen LogP contribution is 2.16. The van der Waals surface area contributed by atoms with Crippen LogP contribution in [0.4, 0.5) is 4.79 Å². The van der Waals surface area contributed by atoms with Gasteiger partial charge in [0.15, 0.2) is 6.04 Å². The minimum atomic E-state index is -0.683. The minimum absolute atomic E-state index is 0.248. The number of alkyl carbamates (subject to hydrolysis) is 1. The Kier molecular flexibility index (Phi) is 6.04. The van der Waals surface area contributed by atoms with Crippen molar-refractivity contribution in [3.8, 4) is 0 Å². The lowest BCUT2D eigenvalue weighted by atomic mass is 10.1. The number of hydrogen-bond donors (Lipinski definition) is 2. The maximum absolute atomic E-state index is 12.5. The first kappa shape index (κ1) is 18.4. The van der Waals surface area contributed by atoms with Crippen LogP contribution in [0.25, 0.3) is 0 Å². The van der Waals surface area contributed by atoms with Gasteiger partial charge in [-0.25, -0.2) is 9.48 Å². The van der Waals surface area contributed by atoms with Crippen LogP contribution in [-0.4, -0.2) is 50.9 Å². The van der Waals surface area contributed by atoms with Crippen LogP contribution in [0, 0.1) is 0 Å². The molecule has 9 nitrogen and oxygen atoms in total. The lowest BCUT2D eigenvalue weighted by Gasteiger charge is -2.20. The van der Waals surface area contributed by atoms with Crippen LogP contribution < -0.4 is 10.6 Å². The molecule has 0 spiro atoms. The highest BCUT2D eigenvalue weighted by molar-refractivity contribution is 5.83. The van der Waals surface area contributed by atoms with Crippen LogP contribution in [0.5, 0.6) is 0 Å². The molecule has 9 heteroatoms. The summed E-state index contributed by atoms with van der Waals surface area (Å²) in [5.74, 6) is -0.274. The number of ether oxygens (including phenoxy) is 1. The molecule has 0 bridgehead atoms. The number of benzene rings is 1. The average molecular weight is 346 g/mol. The lowest BCUT2D eigenvalue weighted by Crippen LogP contribution is -2.40. The van der Waals surface area contributed by atoms with Gasteiger partial charge < -0.3 is 15.4 Å². The number of tetrazole rings is 1. The zero-order valence-corrected chi connectivity index (χ0v) is 14.5. The Labute approximate surface area is 145 Å². The van der Waals surface area contributed by atoms with Crippen LogP contribution >= 0.6 is 0 Å². The van der Waals surface area contributed by atoms with E-state index in [0.717, 1.165) is 5.56 Å². The Hall–Kier alpha value is -2.97. The molecule has 2 rings (SSSR count). The van der Waals surface area contributed by atoms with Gasteiger partial charge in [-0.2, -0.15) is 0 Å². The zero-order chi connectivity index (χ0) is 18.3. The van der Waals surface area contributed by atoms with E-state index in [-0.39, 0.29) is 19.0 Å². The molecular formula is C16H22N6O3. The smallest absolute Gasteiger partial charge is 0.407 e. The topological polar surface area (TPSA) is 111 Å². The number of nitrogens with one attached hydrogen (secondary N) is 2. The highest BCUT2D eigenvalue weighted by Gasteiger charge is 2.23. The largest absolute Gasteiger partial charge is 0.444 e. The van der Waals surface area contributed by atoms with Crippen molar-refractivity contribution in [2.75, 3.05) is 13.1 Å². The predicted molar refractivity (Wildman–Crippen MR) is 89.6 cm³/mol. The van der Waals surface area contributed by atoms with Crippen LogP contribution in [0.15, 0.2) is 36.7 Å². The molecule has 0 aliphatic carbocycles. The summed E-state index contributed by atoms with van der Waals surface area (Å²) in [5.41, 5.74) is 0.193. The fraction of sp³-hybridized carbons (Fsp3) is 0.438. The summed E-state index contributed by atoms with van der Waals surface area (Å²) in [5, 5.41) is 16.3. The Morgan fingerprint density at radius 1 is 1.16 bits per heavy atom. The van der Waals surface area contributed by atoms with E-state index in [1.54, 1.807) is 20.8 Å². The molecule has 0 fully saturated rings. The molecule has 0 saturated heterocycles. The van der Waals surface area contributed by atoms with E-state index in [0.29, 0.717) is 0 Å². The van der Waals surface area contributed by atoms with Gasteiger partial charge in [-0.1, -0.05) is 30.3 Å². The van der Waals surface area contributed by atoms with Gasteiger partial charge in [-0.05, 0) is 36.8 Å². The molecule has 0 aliphatic rings. The first-order chi connectivity index (χ1) is 11.9. The van der Waals surface area contributed by atoms with Gasteiger partial charge in [0.05, 0.1) is 0 Å². The predicted octanol–water partition coefficient (Wildman–Crippen LogP) is 0.903. The van der Waals surface area contributed by atoms with Gasteiger partial charge in [-0.15, -0.1) is 5.10 Å². The van der Waals surface area contributed by atoms with E-state index in [4.69, 9.17) is 4.74 Å². The van der Waals surface area contributed by atoms with Crippen LogP contribution in [-0.2, 0) is 9.53 Å². The molecule has 1 aromatic heterocycles. The van der Waals surface area contributed by atoms with Crippen molar-refractivity contribution in [3.05, 3.63) is 42.2 Å². The van der Waals surface area contributed by atoms with Gasteiger partial charge >= 0.3 is 6.09 Å².